The van der Waals surface area contributed by atoms with Crippen LogP contribution in [0, 0.1) is 12.8 Å². The second-order valence-electron chi connectivity index (χ2n) is 10.9. The van der Waals surface area contributed by atoms with E-state index in [2.05, 4.69) is 15.7 Å². The highest BCUT2D eigenvalue weighted by Crippen LogP contribution is 2.35. The maximum Gasteiger partial charge on any atom is 0.270 e. The van der Waals surface area contributed by atoms with Crippen LogP contribution < -0.4 is 16.2 Å². The molecule has 1 aliphatic carbocycles. The lowest BCUT2D eigenvalue weighted by atomic mass is 9.87. The summed E-state index contributed by atoms with van der Waals surface area (Å²) < 4.78 is 2.76. The minimum atomic E-state index is -0.583. The molecule has 4 heterocycles. The van der Waals surface area contributed by atoms with Gasteiger partial charge in [0.2, 0.25) is 11.8 Å². The number of aromatic nitrogens is 3. The number of amides is 2. The summed E-state index contributed by atoms with van der Waals surface area (Å²) >= 11 is 0. The predicted molar refractivity (Wildman–Crippen MR) is 143 cm³/mol. The molecule has 3 aliphatic rings. The normalized spacial score (nSPS) is 21.8. The molecule has 1 unspecified atom stereocenters. The Morgan fingerprint density at radius 3 is 2.65 bits per heavy atom. The van der Waals surface area contributed by atoms with Crippen LogP contribution in [0.4, 0.5) is 0 Å². The number of fused-ring (bicyclic) bond motifs is 1. The maximum atomic E-state index is 13.5. The molecule has 2 aliphatic heterocycles. The second kappa shape index (κ2) is 10.5. The lowest BCUT2D eigenvalue weighted by Gasteiger charge is -2.41. The van der Waals surface area contributed by atoms with Crippen molar-refractivity contribution in [3.05, 3.63) is 33.3 Å². The van der Waals surface area contributed by atoms with E-state index >= 15 is 0 Å². The van der Waals surface area contributed by atoms with E-state index in [0.717, 1.165) is 58.2 Å². The lowest BCUT2D eigenvalue weighted by Crippen LogP contribution is -2.55. The Morgan fingerprint density at radius 1 is 1.27 bits per heavy atom. The van der Waals surface area contributed by atoms with Gasteiger partial charge in [-0.15, -0.1) is 12.4 Å². The fourth-order valence-electron chi connectivity index (χ4n) is 5.70. The van der Waals surface area contributed by atoms with Crippen LogP contribution in [-0.4, -0.2) is 67.2 Å². The van der Waals surface area contributed by atoms with Crippen molar-refractivity contribution < 1.29 is 14.7 Å². The Labute approximate surface area is 222 Å². The number of likely N-dealkylation sites (tertiary alicyclic amines) is 1. The number of hydrogen-bond donors (Lipinski definition) is 3. The topological polar surface area (TPSA) is 121 Å². The molecular weight excluding hydrogens is 496 g/mol. The van der Waals surface area contributed by atoms with Gasteiger partial charge < -0.3 is 20.6 Å². The fraction of sp³-hybridized carbons (Fsp3) is 0.615. The minimum absolute atomic E-state index is 0. The van der Waals surface area contributed by atoms with Crippen LogP contribution in [0.2, 0.25) is 0 Å². The van der Waals surface area contributed by atoms with E-state index in [9.17, 15) is 19.5 Å². The molecule has 2 saturated heterocycles. The van der Waals surface area contributed by atoms with Crippen molar-refractivity contribution in [3.63, 3.8) is 0 Å². The zero-order valence-corrected chi connectivity index (χ0v) is 22.6. The second-order valence-corrected chi connectivity index (χ2v) is 10.9. The molecule has 0 aromatic carbocycles. The largest absolute Gasteiger partial charge is 0.492 e. The Morgan fingerprint density at radius 2 is 2.00 bits per heavy atom. The van der Waals surface area contributed by atoms with E-state index in [-0.39, 0.29) is 41.4 Å². The van der Waals surface area contributed by atoms with E-state index in [4.69, 9.17) is 0 Å². The standard InChI is InChI=1S/C26H36N6O4.ClH/c1-16(2)14-30-23-19(8-9-20(33)31-13-5-11-26(31)10-4-12-27-15-26)17(3)29-32(23)25(36)21(24(30)35)22(34)28-18-6-7-18;/h8-9,16,18,27,36H,4-7,10-15H2,1-3H3,(H,28,34);1H/b9-8+;. The Kier molecular flexibility index (Phi) is 7.71. The summed E-state index contributed by atoms with van der Waals surface area (Å²) in [5.74, 6) is -1.01. The zero-order valence-electron chi connectivity index (χ0n) is 21.7. The SMILES string of the molecule is Cc1nn2c(O)c(C(=O)NC3CC3)c(=O)n(CC(C)C)c2c1/C=C/C(=O)N1CCCC12CCCNC2.Cl. The van der Waals surface area contributed by atoms with Crippen molar-refractivity contribution in [2.24, 2.45) is 5.92 Å². The van der Waals surface area contributed by atoms with Gasteiger partial charge in [-0.2, -0.15) is 9.61 Å². The Bertz CT molecular complexity index is 1290. The maximum absolute atomic E-state index is 13.5. The van der Waals surface area contributed by atoms with Crippen LogP contribution in [-0.2, 0) is 11.3 Å². The molecule has 10 nitrogen and oxygen atoms in total. The monoisotopic (exact) mass is 532 g/mol. The quantitative estimate of drug-likeness (QED) is 0.491. The minimum Gasteiger partial charge on any atom is -0.492 e. The van der Waals surface area contributed by atoms with Crippen molar-refractivity contribution in [2.75, 3.05) is 19.6 Å². The number of aromatic hydroxyl groups is 1. The van der Waals surface area contributed by atoms with Gasteiger partial charge in [-0.1, -0.05) is 13.8 Å². The molecule has 3 N–H and O–H groups in total. The van der Waals surface area contributed by atoms with Crippen LogP contribution in [0.25, 0.3) is 11.7 Å². The van der Waals surface area contributed by atoms with Crippen molar-refractivity contribution >= 4 is 35.9 Å². The number of hydrogen-bond acceptors (Lipinski definition) is 6. The number of carbonyl (C=O) groups is 2. The smallest absolute Gasteiger partial charge is 0.270 e. The Hall–Kier alpha value is -2.85. The number of nitrogens with zero attached hydrogens (tertiary/aromatic N) is 4. The molecule has 0 radical (unpaired) electrons. The van der Waals surface area contributed by atoms with Crippen molar-refractivity contribution in [1.82, 2.24) is 29.7 Å². The number of halogens is 1. The van der Waals surface area contributed by atoms with Crippen LogP contribution in [0.1, 0.15) is 74.0 Å². The van der Waals surface area contributed by atoms with Crippen LogP contribution in [0.5, 0.6) is 5.88 Å². The first kappa shape index (κ1) is 27.2. The molecule has 1 atom stereocenters. The van der Waals surface area contributed by atoms with Crippen LogP contribution >= 0.6 is 12.4 Å². The molecule has 2 aromatic rings. The molecule has 1 spiro atoms. The lowest BCUT2D eigenvalue weighted by molar-refractivity contribution is -0.130. The zero-order chi connectivity index (χ0) is 25.6. The predicted octanol–water partition coefficient (Wildman–Crippen LogP) is 2.24. The van der Waals surface area contributed by atoms with E-state index in [0.29, 0.717) is 23.4 Å². The highest BCUT2D eigenvalue weighted by molar-refractivity contribution is 5.97. The molecule has 2 aromatic heterocycles. The van der Waals surface area contributed by atoms with Gasteiger partial charge in [0.15, 0.2) is 5.56 Å². The summed E-state index contributed by atoms with van der Waals surface area (Å²) in [6.45, 7) is 8.60. The van der Waals surface area contributed by atoms with Crippen molar-refractivity contribution in [2.45, 2.75) is 77.4 Å². The highest BCUT2D eigenvalue weighted by Gasteiger charge is 2.43. The van der Waals surface area contributed by atoms with E-state index in [1.54, 1.807) is 19.1 Å². The van der Waals surface area contributed by atoms with E-state index < -0.39 is 17.3 Å². The molecule has 1 saturated carbocycles. The molecular formula is C26H37ClN6O4. The number of nitrogens with one attached hydrogen (secondary N) is 2. The van der Waals surface area contributed by atoms with E-state index in [1.165, 1.54) is 9.08 Å². The summed E-state index contributed by atoms with van der Waals surface area (Å²) in [7, 11) is 0. The molecule has 2 amide bonds. The molecule has 0 bridgehead atoms. The molecule has 11 heteroatoms. The van der Waals surface area contributed by atoms with Crippen LogP contribution in [0.15, 0.2) is 10.9 Å². The Balaban J connectivity index is 0.00000320. The van der Waals surface area contributed by atoms with Crippen molar-refractivity contribution in [1.29, 1.82) is 0 Å². The van der Waals surface area contributed by atoms with Gasteiger partial charge in [0.1, 0.15) is 5.65 Å². The number of piperidine rings is 1. The number of rotatable bonds is 6. The first-order chi connectivity index (χ1) is 17.2. The van der Waals surface area contributed by atoms with Gasteiger partial charge in [-0.05, 0) is 64.0 Å². The van der Waals surface area contributed by atoms with Crippen molar-refractivity contribution in [3.8, 4) is 5.88 Å². The summed E-state index contributed by atoms with van der Waals surface area (Å²) in [6.07, 6.45) is 9.04. The summed E-state index contributed by atoms with van der Waals surface area (Å²) in [5, 5.41) is 21.7. The van der Waals surface area contributed by atoms with E-state index in [1.807, 2.05) is 18.7 Å². The van der Waals surface area contributed by atoms with Gasteiger partial charge >= 0.3 is 0 Å². The molecule has 202 valence electrons. The first-order valence-electron chi connectivity index (χ1n) is 13.1. The third kappa shape index (κ3) is 5.01. The summed E-state index contributed by atoms with van der Waals surface area (Å²) in [4.78, 5) is 41.6. The van der Waals surface area contributed by atoms with Crippen LogP contribution in [0.3, 0.4) is 0 Å². The van der Waals surface area contributed by atoms with Gasteiger partial charge in [0, 0.05) is 37.3 Å². The fourth-order valence-corrected chi connectivity index (χ4v) is 5.70. The average Bonchev–Trinajstić information content (AvgIpc) is 3.46. The van der Waals surface area contributed by atoms with Gasteiger partial charge in [0.05, 0.1) is 11.2 Å². The van der Waals surface area contributed by atoms with Gasteiger partial charge in [-0.3, -0.25) is 19.0 Å². The summed E-state index contributed by atoms with van der Waals surface area (Å²) in [6, 6.07) is 0.0441. The average molecular weight is 533 g/mol. The summed E-state index contributed by atoms with van der Waals surface area (Å²) in [5.41, 5.74) is 0.540. The number of aryl methyl sites for hydroxylation is 1. The highest BCUT2D eigenvalue weighted by atomic mass is 35.5. The third-order valence-corrected chi connectivity index (χ3v) is 7.61. The first-order valence-corrected chi connectivity index (χ1v) is 13.1. The molecule has 37 heavy (non-hydrogen) atoms. The van der Waals surface area contributed by atoms with Gasteiger partial charge in [0.25, 0.3) is 11.5 Å². The number of carbonyl (C=O) groups excluding carboxylic acids is 2. The molecule has 3 fully saturated rings. The molecule has 5 rings (SSSR count). The van der Waals surface area contributed by atoms with Gasteiger partial charge in [-0.25, -0.2) is 0 Å². The third-order valence-electron chi connectivity index (χ3n) is 7.61.